The van der Waals surface area contributed by atoms with Gasteiger partial charge in [-0.25, -0.2) is 4.98 Å². The summed E-state index contributed by atoms with van der Waals surface area (Å²) in [5.74, 6) is 0.770. The highest BCUT2D eigenvalue weighted by Crippen LogP contribution is 2.42. The van der Waals surface area contributed by atoms with Crippen molar-refractivity contribution in [1.82, 2.24) is 14.8 Å². The van der Waals surface area contributed by atoms with Gasteiger partial charge in [-0.3, -0.25) is 9.59 Å². The zero-order chi connectivity index (χ0) is 16.2. The number of hydrogen-bond donors (Lipinski definition) is 0. The smallest absolute Gasteiger partial charge is 0.292 e. The predicted molar refractivity (Wildman–Crippen MR) is 82.9 cm³/mol. The zero-order valence-corrected chi connectivity index (χ0v) is 13.8. The number of oxazole rings is 1. The second-order valence-electron chi connectivity index (χ2n) is 7.07. The first-order valence-corrected chi connectivity index (χ1v) is 8.60. The molecule has 4 rings (SSSR count). The number of carbonyl (C=O) groups is 2. The fourth-order valence-corrected chi connectivity index (χ4v) is 4.26. The summed E-state index contributed by atoms with van der Waals surface area (Å²) in [4.78, 5) is 34.2. The molecule has 3 aliphatic rings. The van der Waals surface area contributed by atoms with E-state index in [1.807, 2.05) is 4.90 Å². The molecule has 1 spiro atoms. The highest BCUT2D eigenvalue weighted by molar-refractivity contribution is 5.99. The van der Waals surface area contributed by atoms with Crippen molar-refractivity contribution >= 4 is 11.8 Å². The number of nitrogens with zero attached hydrogens (tertiary/aromatic N) is 3. The van der Waals surface area contributed by atoms with Crippen LogP contribution in [0.25, 0.3) is 0 Å². The number of carbonyl (C=O) groups excluding carboxylic acids is 2. The van der Waals surface area contributed by atoms with Crippen LogP contribution in [0.2, 0.25) is 0 Å². The monoisotopic (exact) mass is 317 g/mol. The Balaban J connectivity index is 1.66. The van der Waals surface area contributed by atoms with E-state index < -0.39 is 5.54 Å². The Morgan fingerprint density at radius 1 is 1.22 bits per heavy atom. The third-order valence-electron chi connectivity index (χ3n) is 5.47. The quantitative estimate of drug-likeness (QED) is 0.837. The van der Waals surface area contributed by atoms with Crippen molar-refractivity contribution < 1.29 is 14.0 Å². The molecular formula is C17H23N3O3. The Labute approximate surface area is 135 Å². The summed E-state index contributed by atoms with van der Waals surface area (Å²) < 4.78 is 5.52. The van der Waals surface area contributed by atoms with Crippen LogP contribution in [0.5, 0.6) is 0 Å². The summed E-state index contributed by atoms with van der Waals surface area (Å²) in [6, 6.07) is 0.409. The second kappa shape index (κ2) is 5.08. The van der Waals surface area contributed by atoms with Gasteiger partial charge in [0.2, 0.25) is 11.7 Å². The summed E-state index contributed by atoms with van der Waals surface area (Å²) in [6.45, 7) is 4.99. The maximum absolute atomic E-state index is 13.2. The summed E-state index contributed by atoms with van der Waals surface area (Å²) in [6.07, 6.45) is 5.61. The number of piperidine rings is 1. The molecule has 6 nitrogen and oxygen atoms in total. The minimum atomic E-state index is -0.648. The van der Waals surface area contributed by atoms with Gasteiger partial charge in [-0.1, -0.05) is 0 Å². The lowest BCUT2D eigenvalue weighted by Gasteiger charge is -2.44. The van der Waals surface area contributed by atoms with E-state index in [0.717, 1.165) is 45.1 Å². The molecule has 0 N–H and O–H groups in total. The van der Waals surface area contributed by atoms with Crippen molar-refractivity contribution in [2.75, 3.05) is 13.1 Å². The number of hydrogen-bond acceptors (Lipinski definition) is 4. The average molecular weight is 317 g/mol. The molecule has 124 valence electrons. The first kappa shape index (κ1) is 14.7. The molecule has 6 heteroatoms. The van der Waals surface area contributed by atoms with Gasteiger partial charge >= 0.3 is 0 Å². The van der Waals surface area contributed by atoms with Crippen LogP contribution in [0.1, 0.15) is 60.7 Å². The minimum absolute atomic E-state index is 0.158. The number of amides is 2. The van der Waals surface area contributed by atoms with Crippen molar-refractivity contribution in [3.8, 4) is 0 Å². The molecule has 1 unspecified atom stereocenters. The third kappa shape index (κ3) is 2.18. The number of likely N-dealkylation sites (tertiary alicyclic amines) is 2. The Morgan fingerprint density at radius 3 is 2.52 bits per heavy atom. The first-order valence-electron chi connectivity index (χ1n) is 8.60. The lowest BCUT2D eigenvalue weighted by atomic mass is 9.85. The molecular weight excluding hydrogens is 294 g/mol. The van der Waals surface area contributed by atoms with Crippen LogP contribution in [-0.4, -0.2) is 51.3 Å². The van der Waals surface area contributed by atoms with Crippen molar-refractivity contribution in [1.29, 1.82) is 0 Å². The molecule has 0 radical (unpaired) electrons. The fraction of sp³-hybridized carbons (Fsp3) is 0.706. The lowest BCUT2D eigenvalue weighted by molar-refractivity contribution is -0.146. The Bertz CT molecular complexity index is 664. The van der Waals surface area contributed by atoms with Crippen LogP contribution in [0, 0.1) is 13.8 Å². The standard InChI is InChI=1S/C17H23N3O3/c1-11-14(23-12(2)18-11)15(21)20-10-4-8-17(20)7-3-9-19(16(17)22)13-5-6-13/h13H,3-10H2,1-2H3. The van der Waals surface area contributed by atoms with E-state index in [1.165, 1.54) is 0 Å². The second-order valence-corrected chi connectivity index (χ2v) is 7.07. The van der Waals surface area contributed by atoms with Crippen LogP contribution in [-0.2, 0) is 4.79 Å². The highest BCUT2D eigenvalue weighted by Gasteiger charge is 2.55. The van der Waals surface area contributed by atoms with Crippen LogP contribution in [0.15, 0.2) is 4.42 Å². The molecule has 2 amide bonds. The Kier molecular flexibility index (Phi) is 3.25. The maximum Gasteiger partial charge on any atom is 0.292 e. The van der Waals surface area contributed by atoms with E-state index in [2.05, 4.69) is 4.98 Å². The normalized spacial score (nSPS) is 28.0. The van der Waals surface area contributed by atoms with Crippen molar-refractivity contribution in [2.45, 2.75) is 64.0 Å². The van der Waals surface area contributed by atoms with Gasteiger partial charge in [-0.2, -0.15) is 0 Å². The van der Waals surface area contributed by atoms with Gasteiger partial charge in [0.1, 0.15) is 5.54 Å². The van der Waals surface area contributed by atoms with Crippen LogP contribution in [0.4, 0.5) is 0 Å². The van der Waals surface area contributed by atoms with E-state index in [4.69, 9.17) is 4.42 Å². The van der Waals surface area contributed by atoms with Gasteiger partial charge in [0.15, 0.2) is 5.89 Å². The van der Waals surface area contributed by atoms with E-state index in [0.29, 0.717) is 29.9 Å². The molecule has 1 saturated carbocycles. The van der Waals surface area contributed by atoms with Gasteiger partial charge in [-0.15, -0.1) is 0 Å². The summed E-state index contributed by atoms with van der Waals surface area (Å²) >= 11 is 0. The summed E-state index contributed by atoms with van der Waals surface area (Å²) in [7, 11) is 0. The van der Waals surface area contributed by atoms with Crippen molar-refractivity contribution in [3.05, 3.63) is 17.3 Å². The molecule has 3 heterocycles. The molecule has 1 aromatic rings. The average Bonchev–Trinajstić information content (AvgIpc) is 3.18. The topological polar surface area (TPSA) is 66.7 Å². The van der Waals surface area contributed by atoms with Crippen molar-refractivity contribution in [3.63, 3.8) is 0 Å². The molecule has 1 aliphatic carbocycles. The molecule has 0 bridgehead atoms. The van der Waals surface area contributed by atoms with Gasteiger partial charge in [-0.05, 0) is 45.4 Å². The molecule has 1 atom stereocenters. The molecule has 1 aromatic heterocycles. The SMILES string of the molecule is Cc1nc(C)c(C(=O)N2CCCC23CCCN(C2CC2)C3=O)o1. The maximum atomic E-state index is 13.2. The molecule has 0 aromatic carbocycles. The first-order chi connectivity index (χ1) is 11.0. The van der Waals surface area contributed by atoms with Gasteiger partial charge in [0.05, 0.1) is 5.69 Å². The fourth-order valence-electron chi connectivity index (χ4n) is 4.26. The molecule has 2 aliphatic heterocycles. The Morgan fingerprint density at radius 2 is 1.91 bits per heavy atom. The third-order valence-corrected chi connectivity index (χ3v) is 5.47. The molecule has 23 heavy (non-hydrogen) atoms. The van der Waals surface area contributed by atoms with Gasteiger partial charge < -0.3 is 14.2 Å². The molecule has 3 fully saturated rings. The molecule has 2 saturated heterocycles. The van der Waals surface area contributed by atoms with E-state index in [1.54, 1.807) is 18.7 Å². The summed E-state index contributed by atoms with van der Waals surface area (Å²) in [5, 5.41) is 0. The Hall–Kier alpha value is -1.85. The number of aryl methyl sites for hydroxylation is 2. The van der Waals surface area contributed by atoms with E-state index in [9.17, 15) is 9.59 Å². The van der Waals surface area contributed by atoms with Crippen LogP contribution in [0.3, 0.4) is 0 Å². The van der Waals surface area contributed by atoms with Gasteiger partial charge in [0.25, 0.3) is 5.91 Å². The van der Waals surface area contributed by atoms with Crippen LogP contribution >= 0.6 is 0 Å². The van der Waals surface area contributed by atoms with Gasteiger partial charge in [0, 0.05) is 26.1 Å². The van der Waals surface area contributed by atoms with E-state index in [-0.39, 0.29) is 11.8 Å². The predicted octanol–water partition coefficient (Wildman–Crippen LogP) is 2.05. The lowest BCUT2D eigenvalue weighted by Crippen LogP contribution is -2.61. The minimum Gasteiger partial charge on any atom is -0.436 e. The zero-order valence-electron chi connectivity index (χ0n) is 13.8. The number of aromatic nitrogens is 1. The largest absolute Gasteiger partial charge is 0.436 e. The number of rotatable bonds is 2. The van der Waals surface area contributed by atoms with Crippen molar-refractivity contribution in [2.24, 2.45) is 0 Å². The van der Waals surface area contributed by atoms with Crippen LogP contribution < -0.4 is 0 Å². The summed E-state index contributed by atoms with van der Waals surface area (Å²) in [5.41, 5.74) is -0.0396. The van der Waals surface area contributed by atoms with E-state index >= 15 is 0 Å². The highest BCUT2D eigenvalue weighted by atomic mass is 16.4.